The molecule has 0 spiro atoms. The lowest BCUT2D eigenvalue weighted by Gasteiger charge is -2.18. The second-order valence-corrected chi connectivity index (χ2v) is 9.46. The molecule has 2 aromatic rings. The fourth-order valence-corrected chi connectivity index (χ4v) is 5.31. The van der Waals surface area contributed by atoms with Gasteiger partial charge in [0.2, 0.25) is 0 Å². The molecule has 0 aliphatic rings. The van der Waals surface area contributed by atoms with Crippen molar-refractivity contribution in [1.29, 1.82) is 0 Å². The smallest absolute Gasteiger partial charge is 0.411 e. The van der Waals surface area contributed by atoms with Gasteiger partial charge in [-0.1, -0.05) is 58.0 Å². The maximum Gasteiger partial charge on any atom is 0.411 e. The molecular formula is C12H6Cl5O6PS. The van der Waals surface area contributed by atoms with Gasteiger partial charge in [0.1, 0.15) is 11.1 Å². The van der Waals surface area contributed by atoms with E-state index in [2.05, 4.69) is 0 Å². The van der Waals surface area contributed by atoms with E-state index in [1.807, 2.05) is 0 Å². The standard InChI is InChI=1S/C12H6Cl5O6PS/c13-7-8(14)10(16)12(11(17)9(7)15)24(18,19)23-5-1-3-6(4-2-5)25(20,21)22/h1-4H,(H,18,19)(H,20,21,22). The summed E-state index contributed by atoms with van der Waals surface area (Å²) in [4.78, 5) is 9.78. The predicted octanol–water partition coefficient (Wildman–Crippen LogP) is 5.09. The van der Waals surface area contributed by atoms with E-state index in [1.54, 1.807) is 0 Å². The number of hydrogen-bond acceptors (Lipinski definition) is 4. The lowest BCUT2D eigenvalue weighted by Crippen LogP contribution is -2.13. The highest BCUT2D eigenvalue weighted by atomic mass is 35.5. The van der Waals surface area contributed by atoms with Crippen LogP contribution in [0, 0.1) is 0 Å². The Morgan fingerprint density at radius 2 is 1.24 bits per heavy atom. The molecule has 0 heterocycles. The molecule has 0 aromatic heterocycles. The zero-order valence-electron chi connectivity index (χ0n) is 11.6. The molecule has 6 nitrogen and oxygen atoms in total. The number of rotatable bonds is 4. The van der Waals surface area contributed by atoms with Crippen molar-refractivity contribution < 1.29 is 27.0 Å². The molecule has 0 bridgehead atoms. The minimum absolute atomic E-state index is 0.195. The average molecular weight is 486 g/mol. The van der Waals surface area contributed by atoms with E-state index in [1.165, 1.54) is 0 Å². The van der Waals surface area contributed by atoms with Crippen LogP contribution in [0.5, 0.6) is 5.75 Å². The van der Waals surface area contributed by atoms with Crippen LogP contribution in [0.25, 0.3) is 0 Å². The molecule has 0 fully saturated rings. The van der Waals surface area contributed by atoms with E-state index < -0.39 is 38.0 Å². The Labute approximate surface area is 167 Å². The first-order valence-corrected chi connectivity index (χ1v) is 10.9. The van der Waals surface area contributed by atoms with E-state index in [-0.39, 0.29) is 20.8 Å². The Morgan fingerprint density at radius 1 is 0.840 bits per heavy atom. The highest BCUT2D eigenvalue weighted by Gasteiger charge is 2.35. The Morgan fingerprint density at radius 3 is 1.64 bits per heavy atom. The van der Waals surface area contributed by atoms with Crippen LogP contribution in [0.2, 0.25) is 25.1 Å². The molecule has 0 saturated carbocycles. The summed E-state index contributed by atoms with van der Waals surface area (Å²) in [6.45, 7) is 0. The number of halogens is 5. The summed E-state index contributed by atoms with van der Waals surface area (Å²) in [5, 5.41) is -2.16. The summed E-state index contributed by atoms with van der Waals surface area (Å²) in [5.74, 6) is -0.201. The van der Waals surface area contributed by atoms with Crippen LogP contribution >= 0.6 is 65.6 Å². The maximum atomic E-state index is 12.6. The molecular weight excluding hydrogens is 480 g/mol. The molecule has 1 atom stereocenters. The highest BCUT2D eigenvalue weighted by molar-refractivity contribution is 7.85. The molecule has 2 N–H and O–H groups in total. The summed E-state index contributed by atoms with van der Waals surface area (Å²) >= 11 is 29.4. The first kappa shape index (κ1) is 21.1. The van der Waals surface area contributed by atoms with E-state index in [0.29, 0.717) is 0 Å². The van der Waals surface area contributed by atoms with Crippen LogP contribution in [-0.2, 0) is 14.7 Å². The Hall–Kier alpha value is -0.210. The molecule has 13 heteroatoms. The molecule has 0 radical (unpaired) electrons. The molecule has 2 rings (SSSR count). The van der Waals surface area contributed by atoms with Crippen LogP contribution in [0.3, 0.4) is 0 Å². The predicted molar refractivity (Wildman–Crippen MR) is 97.8 cm³/mol. The Balaban J connectivity index is 2.49. The normalized spacial score (nSPS) is 14.2. The lowest BCUT2D eigenvalue weighted by atomic mass is 10.3. The zero-order valence-corrected chi connectivity index (χ0v) is 17.1. The SMILES string of the molecule is O=P(O)(Oc1ccc(S(=O)(=O)O)cc1)c1c(Cl)c(Cl)c(Cl)c(Cl)c1Cl. The quantitative estimate of drug-likeness (QED) is 0.270. The molecule has 1 unspecified atom stereocenters. The summed E-state index contributed by atoms with van der Waals surface area (Å²) in [6.07, 6.45) is 0. The van der Waals surface area contributed by atoms with Gasteiger partial charge in [0, 0.05) is 0 Å². The molecule has 2 aromatic carbocycles. The summed E-state index contributed by atoms with van der Waals surface area (Å²) < 4.78 is 48.4. The van der Waals surface area contributed by atoms with Crippen molar-refractivity contribution in [3.8, 4) is 5.75 Å². The first-order chi connectivity index (χ1) is 11.4. The fraction of sp³-hybridized carbons (Fsp3) is 0. The monoisotopic (exact) mass is 484 g/mol. The van der Waals surface area contributed by atoms with E-state index in [0.717, 1.165) is 24.3 Å². The molecule has 0 amide bonds. The van der Waals surface area contributed by atoms with Crippen molar-refractivity contribution >= 4 is 81.0 Å². The minimum atomic E-state index is -4.67. The maximum absolute atomic E-state index is 12.6. The van der Waals surface area contributed by atoms with Crippen LogP contribution in [0.4, 0.5) is 0 Å². The van der Waals surface area contributed by atoms with Crippen molar-refractivity contribution in [3.05, 3.63) is 49.4 Å². The Bertz CT molecular complexity index is 963. The van der Waals surface area contributed by atoms with Crippen LogP contribution in [-0.4, -0.2) is 17.9 Å². The number of hydrogen-bond donors (Lipinski definition) is 2. The molecule has 25 heavy (non-hydrogen) atoms. The molecule has 0 aliphatic carbocycles. The van der Waals surface area contributed by atoms with Crippen LogP contribution in [0.15, 0.2) is 29.2 Å². The van der Waals surface area contributed by atoms with Crippen molar-refractivity contribution in [3.63, 3.8) is 0 Å². The van der Waals surface area contributed by atoms with Crippen LogP contribution < -0.4 is 9.83 Å². The van der Waals surface area contributed by atoms with Crippen molar-refractivity contribution in [1.82, 2.24) is 0 Å². The van der Waals surface area contributed by atoms with Gasteiger partial charge in [0.25, 0.3) is 10.1 Å². The summed E-state index contributed by atoms with van der Waals surface area (Å²) in [7, 11) is -9.10. The molecule has 0 aliphatic heterocycles. The topological polar surface area (TPSA) is 101 Å². The number of benzene rings is 2. The van der Waals surface area contributed by atoms with Gasteiger partial charge in [-0.15, -0.1) is 0 Å². The van der Waals surface area contributed by atoms with E-state index >= 15 is 0 Å². The van der Waals surface area contributed by atoms with Gasteiger partial charge in [-0.3, -0.25) is 4.55 Å². The average Bonchev–Trinajstić information content (AvgIpc) is 2.50. The third-order valence-electron chi connectivity index (χ3n) is 2.82. The second kappa shape index (κ2) is 7.43. The van der Waals surface area contributed by atoms with Gasteiger partial charge < -0.3 is 9.42 Å². The van der Waals surface area contributed by atoms with Gasteiger partial charge >= 0.3 is 7.60 Å². The van der Waals surface area contributed by atoms with Crippen molar-refractivity contribution in [2.45, 2.75) is 4.90 Å². The third-order valence-corrected chi connectivity index (χ3v) is 7.70. The summed E-state index contributed by atoms with van der Waals surface area (Å²) in [5.41, 5.74) is 0. The lowest BCUT2D eigenvalue weighted by molar-refractivity contribution is 0.393. The van der Waals surface area contributed by atoms with Gasteiger partial charge in [0.05, 0.1) is 30.0 Å². The minimum Gasteiger partial charge on any atom is -0.421 e. The van der Waals surface area contributed by atoms with E-state index in [4.69, 9.17) is 67.1 Å². The van der Waals surface area contributed by atoms with Crippen molar-refractivity contribution in [2.75, 3.05) is 0 Å². The van der Waals surface area contributed by atoms with Gasteiger partial charge in [0.15, 0.2) is 0 Å². The van der Waals surface area contributed by atoms with Gasteiger partial charge in [-0.25, -0.2) is 4.57 Å². The van der Waals surface area contributed by atoms with Gasteiger partial charge in [-0.2, -0.15) is 8.42 Å². The Kier molecular flexibility index (Phi) is 6.27. The molecule has 0 saturated heterocycles. The fourth-order valence-electron chi connectivity index (χ4n) is 1.70. The van der Waals surface area contributed by atoms with Crippen LogP contribution in [0.1, 0.15) is 0 Å². The highest BCUT2D eigenvalue weighted by Crippen LogP contribution is 2.51. The largest absolute Gasteiger partial charge is 0.421 e. The van der Waals surface area contributed by atoms with Gasteiger partial charge in [-0.05, 0) is 24.3 Å². The third kappa shape index (κ3) is 4.38. The first-order valence-electron chi connectivity index (χ1n) is 5.98. The molecule has 136 valence electrons. The zero-order chi connectivity index (χ0) is 19.2. The van der Waals surface area contributed by atoms with E-state index in [9.17, 15) is 17.9 Å². The van der Waals surface area contributed by atoms with Crippen molar-refractivity contribution in [2.24, 2.45) is 0 Å². The second-order valence-electron chi connectivity index (χ2n) is 4.48. The summed E-state index contributed by atoms with van der Waals surface area (Å²) in [6, 6.07) is 4.03.